The number of fused-ring (bicyclic) bond motifs is 1. The monoisotopic (exact) mass is 469 g/mol. The molecule has 35 heavy (non-hydrogen) atoms. The third-order valence-corrected chi connectivity index (χ3v) is 6.06. The molecule has 5 rings (SSSR count). The van der Waals surface area contributed by atoms with E-state index < -0.39 is 0 Å². The maximum Gasteiger partial charge on any atom is 0.261 e. The second kappa shape index (κ2) is 9.47. The van der Waals surface area contributed by atoms with Gasteiger partial charge in [-0.2, -0.15) is 0 Å². The van der Waals surface area contributed by atoms with Crippen LogP contribution in [0.5, 0.6) is 0 Å². The Morgan fingerprint density at radius 2 is 1.94 bits per heavy atom. The fourth-order valence-electron chi connectivity index (χ4n) is 4.12. The topological polar surface area (TPSA) is 103 Å². The first-order valence-corrected chi connectivity index (χ1v) is 11.4. The van der Waals surface area contributed by atoms with Gasteiger partial charge in [0, 0.05) is 61.9 Å². The molecule has 0 aliphatic carbocycles. The predicted molar refractivity (Wildman–Crippen MR) is 141 cm³/mol. The lowest BCUT2D eigenvalue weighted by Gasteiger charge is -2.29. The molecule has 9 heteroatoms. The van der Waals surface area contributed by atoms with E-state index in [0.717, 1.165) is 48.6 Å². The van der Waals surface area contributed by atoms with Crippen LogP contribution >= 0.6 is 0 Å². The van der Waals surface area contributed by atoms with Crippen LogP contribution in [-0.4, -0.2) is 45.4 Å². The number of hydrogen-bond donors (Lipinski definition) is 2. The van der Waals surface area contributed by atoms with Crippen molar-refractivity contribution in [3.05, 3.63) is 83.7 Å². The van der Waals surface area contributed by atoms with Gasteiger partial charge < -0.3 is 25.3 Å². The van der Waals surface area contributed by atoms with Gasteiger partial charge >= 0.3 is 0 Å². The number of aromatic nitrogens is 4. The summed E-state index contributed by atoms with van der Waals surface area (Å²) in [6, 6.07) is 11.9. The van der Waals surface area contributed by atoms with E-state index in [0.29, 0.717) is 22.8 Å². The lowest BCUT2D eigenvalue weighted by Crippen LogP contribution is -2.36. The van der Waals surface area contributed by atoms with Crippen molar-refractivity contribution in [2.75, 3.05) is 42.3 Å². The SMILES string of the molecule is C=C/C(=C\n1ccnc1N)c1cc2ccn(C)c(=O)c2c(Nc2ccc(N3CCOCC3)cc2)n1. The van der Waals surface area contributed by atoms with Crippen LogP contribution in [0.1, 0.15) is 5.69 Å². The third-order valence-electron chi connectivity index (χ3n) is 6.06. The minimum Gasteiger partial charge on any atom is -0.378 e. The van der Waals surface area contributed by atoms with Crippen molar-refractivity contribution in [1.82, 2.24) is 19.1 Å². The van der Waals surface area contributed by atoms with Crippen molar-refractivity contribution in [1.29, 1.82) is 0 Å². The number of nitrogen functional groups attached to an aromatic ring is 1. The molecule has 0 bridgehead atoms. The summed E-state index contributed by atoms with van der Waals surface area (Å²) in [7, 11) is 1.73. The number of nitrogens with zero attached hydrogens (tertiary/aromatic N) is 5. The van der Waals surface area contributed by atoms with Gasteiger partial charge in [0.05, 0.1) is 24.3 Å². The van der Waals surface area contributed by atoms with Gasteiger partial charge in [-0.3, -0.25) is 9.36 Å². The summed E-state index contributed by atoms with van der Waals surface area (Å²) in [5.74, 6) is 0.835. The fourth-order valence-corrected chi connectivity index (χ4v) is 4.12. The van der Waals surface area contributed by atoms with Gasteiger partial charge in [-0.1, -0.05) is 12.7 Å². The molecule has 9 nitrogen and oxygen atoms in total. The van der Waals surface area contributed by atoms with Crippen LogP contribution in [0.3, 0.4) is 0 Å². The average molecular weight is 470 g/mol. The molecule has 1 aliphatic rings. The maximum absolute atomic E-state index is 13.1. The summed E-state index contributed by atoms with van der Waals surface area (Å²) in [4.78, 5) is 24.2. The van der Waals surface area contributed by atoms with Crippen LogP contribution in [0.2, 0.25) is 0 Å². The van der Waals surface area contributed by atoms with Crippen LogP contribution in [0.4, 0.5) is 23.1 Å². The number of ether oxygens (including phenoxy) is 1. The number of allylic oxidation sites excluding steroid dienone is 2. The largest absolute Gasteiger partial charge is 0.378 e. The first-order chi connectivity index (χ1) is 17.0. The van der Waals surface area contributed by atoms with Crippen LogP contribution in [-0.2, 0) is 11.8 Å². The Hall–Kier alpha value is -4.37. The Kier molecular flexibility index (Phi) is 6.07. The van der Waals surface area contributed by atoms with E-state index in [-0.39, 0.29) is 5.56 Å². The first kappa shape index (κ1) is 22.4. The van der Waals surface area contributed by atoms with Gasteiger partial charge in [-0.05, 0) is 41.8 Å². The zero-order valence-electron chi connectivity index (χ0n) is 19.5. The van der Waals surface area contributed by atoms with E-state index in [4.69, 9.17) is 15.5 Å². The Morgan fingerprint density at radius 3 is 2.63 bits per heavy atom. The normalized spacial score (nSPS) is 14.3. The molecule has 1 aliphatic heterocycles. The van der Waals surface area contributed by atoms with Gasteiger partial charge in [0.2, 0.25) is 5.95 Å². The molecule has 0 radical (unpaired) electrons. The maximum atomic E-state index is 13.1. The fraction of sp³-hybridized carbons (Fsp3) is 0.192. The summed E-state index contributed by atoms with van der Waals surface area (Å²) in [6.45, 7) is 7.15. The smallest absolute Gasteiger partial charge is 0.261 e. The van der Waals surface area contributed by atoms with Gasteiger partial charge in [-0.15, -0.1) is 0 Å². The molecule has 0 saturated carbocycles. The van der Waals surface area contributed by atoms with Gasteiger partial charge in [0.25, 0.3) is 5.56 Å². The highest BCUT2D eigenvalue weighted by molar-refractivity contribution is 5.96. The number of aryl methyl sites for hydroxylation is 1. The van der Waals surface area contributed by atoms with E-state index in [1.165, 1.54) is 0 Å². The van der Waals surface area contributed by atoms with E-state index in [9.17, 15) is 4.79 Å². The van der Waals surface area contributed by atoms with Crippen molar-refractivity contribution < 1.29 is 4.74 Å². The first-order valence-electron chi connectivity index (χ1n) is 11.4. The highest BCUT2D eigenvalue weighted by Gasteiger charge is 2.14. The molecule has 0 spiro atoms. The molecule has 0 atom stereocenters. The number of rotatable bonds is 6. The van der Waals surface area contributed by atoms with E-state index >= 15 is 0 Å². The molecule has 1 fully saturated rings. The lowest BCUT2D eigenvalue weighted by atomic mass is 10.1. The number of imidazole rings is 1. The summed E-state index contributed by atoms with van der Waals surface area (Å²) < 4.78 is 8.69. The minimum absolute atomic E-state index is 0.128. The van der Waals surface area contributed by atoms with Gasteiger partial charge in [0.15, 0.2) is 0 Å². The van der Waals surface area contributed by atoms with Gasteiger partial charge in [-0.25, -0.2) is 9.97 Å². The predicted octanol–water partition coefficient (Wildman–Crippen LogP) is 3.48. The van der Waals surface area contributed by atoms with Crippen molar-refractivity contribution >= 4 is 45.7 Å². The number of nitrogens with one attached hydrogen (secondary N) is 1. The van der Waals surface area contributed by atoms with E-state index in [1.54, 1.807) is 40.8 Å². The van der Waals surface area contributed by atoms with Crippen molar-refractivity contribution in [3.8, 4) is 0 Å². The second-order valence-corrected chi connectivity index (χ2v) is 8.30. The molecule has 1 aromatic carbocycles. The quantitative estimate of drug-likeness (QED) is 0.417. The van der Waals surface area contributed by atoms with Crippen molar-refractivity contribution in [2.45, 2.75) is 0 Å². The number of anilines is 4. The minimum atomic E-state index is -0.128. The van der Waals surface area contributed by atoms with Gasteiger partial charge in [0.1, 0.15) is 5.82 Å². The zero-order valence-corrected chi connectivity index (χ0v) is 19.5. The zero-order chi connectivity index (χ0) is 24.4. The second-order valence-electron chi connectivity index (χ2n) is 8.30. The number of hydrogen-bond acceptors (Lipinski definition) is 7. The highest BCUT2D eigenvalue weighted by atomic mass is 16.5. The Bertz CT molecular complexity index is 1460. The number of morpholine rings is 1. The van der Waals surface area contributed by atoms with Crippen LogP contribution in [0.15, 0.2) is 72.4 Å². The molecule has 4 heterocycles. The average Bonchev–Trinajstić information content (AvgIpc) is 3.29. The Labute approximate surface area is 202 Å². The number of nitrogens with two attached hydrogens (primary N) is 1. The summed E-state index contributed by atoms with van der Waals surface area (Å²) in [5.41, 5.74) is 9.17. The standard InChI is InChI=1S/C26H27N7O2/c1-3-18(17-33-11-9-28-26(33)27)22-16-19-8-10-31(2)25(34)23(19)24(30-22)29-20-4-6-21(7-5-20)32-12-14-35-15-13-32/h3-11,16-17H,1,12-15H2,2H3,(H2,27,28)(H,29,30)/b18-17+. The molecular formula is C26H27N7O2. The summed E-state index contributed by atoms with van der Waals surface area (Å²) in [5, 5.41) is 4.65. The summed E-state index contributed by atoms with van der Waals surface area (Å²) in [6.07, 6.45) is 8.64. The van der Waals surface area contributed by atoms with Crippen LogP contribution in [0.25, 0.3) is 22.5 Å². The molecule has 1 saturated heterocycles. The van der Waals surface area contributed by atoms with Crippen molar-refractivity contribution in [2.24, 2.45) is 7.05 Å². The number of benzene rings is 1. The van der Waals surface area contributed by atoms with Crippen LogP contribution < -0.4 is 21.5 Å². The van der Waals surface area contributed by atoms with Crippen LogP contribution in [0, 0.1) is 0 Å². The molecule has 3 aromatic heterocycles. The van der Waals surface area contributed by atoms with Crippen molar-refractivity contribution in [3.63, 3.8) is 0 Å². The highest BCUT2D eigenvalue weighted by Crippen LogP contribution is 2.28. The number of pyridine rings is 2. The molecule has 4 aromatic rings. The Balaban J connectivity index is 1.56. The lowest BCUT2D eigenvalue weighted by molar-refractivity contribution is 0.122. The molecule has 3 N–H and O–H groups in total. The molecule has 0 amide bonds. The molecule has 178 valence electrons. The third kappa shape index (κ3) is 4.53. The molecular weight excluding hydrogens is 442 g/mol. The molecule has 0 unspecified atom stereocenters. The summed E-state index contributed by atoms with van der Waals surface area (Å²) >= 11 is 0. The van der Waals surface area contributed by atoms with E-state index in [1.807, 2.05) is 30.5 Å². The Morgan fingerprint density at radius 1 is 1.17 bits per heavy atom. The van der Waals surface area contributed by atoms with E-state index in [2.05, 4.69) is 33.9 Å².